The third-order valence-electron chi connectivity index (χ3n) is 2.50. The minimum Gasteiger partial charge on any atom is -0.465 e. The van der Waals surface area contributed by atoms with Gasteiger partial charge in [0, 0.05) is 22.9 Å². The highest BCUT2D eigenvalue weighted by atomic mass is 16.6. The van der Waals surface area contributed by atoms with E-state index in [0.717, 1.165) is 0 Å². The van der Waals surface area contributed by atoms with Gasteiger partial charge in [-0.3, -0.25) is 15.0 Å². The lowest BCUT2D eigenvalue weighted by Gasteiger charge is -2.33. The molecule has 0 atom stereocenters. The molecule has 1 amide bonds. The van der Waals surface area contributed by atoms with Gasteiger partial charge in [0.1, 0.15) is 0 Å². The van der Waals surface area contributed by atoms with E-state index in [0.29, 0.717) is 11.3 Å². The molecule has 1 aromatic carbocycles. The van der Waals surface area contributed by atoms with Crippen LogP contribution in [-0.2, 0) is 0 Å². The summed E-state index contributed by atoms with van der Waals surface area (Å²) in [7, 11) is 0. The maximum Gasteiger partial charge on any atom is 0.412 e. The van der Waals surface area contributed by atoms with Gasteiger partial charge in [-0.15, -0.1) is 0 Å². The summed E-state index contributed by atoms with van der Waals surface area (Å²) in [4.78, 5) is 22.7. The summed E-state index contributed by atoms with van der Waals surface area (Å²) in [5, 5.41) is 19.9. The van der Waals surface area contributed by atoms with Crippen molar-refractivity contribution in [2.75, 3.05) is 4.90 Å². The number of rotatable bonds is 2. The van der Waals surface area contributed by atoms with Gasteiger partial charge in [0.15, 0.2) is 0 Å². The molecule has 18 heavy (non-hydrogen) atoms. The topological polar surface area (TPSA) is 83.7 Å². The highest BCUT2D eigenvalue weighted by molar-refractivity contribution is 5.88. The lowest BCUT2D eigenvalue weighted by molar-refractivity contribution is -0.385. The van der Waals surface area contributed by atoms with Crippen molar-refractivity contribution in [3.63, 3.8) is 0 Å². The highest BCUT2D eigenvalue weighted by Gasteiger charge is 2.28. The number of nitro benzene ring substituents is 1. The molecule has 0 saturated carbocycles. The number of nitrogens with zero attached hydrogens (tertiary/aromatic N) is 2. The summed E-state index contributed by atoms with van der Waals surface area (Å²) in [6, 6.07) is 4.29. The van der Waals surface area contributed by atoms with Gasteiger partial charge in [-0.1, -0.05) is 0 Å². The molecule has 0 unspecified atom stereocenters. The fourth-order valence-electron chi connectivity index (χ4n) is 1.77. The fraction of sp³-hybridized carbons (Fsp3) is 0.417. The Morgan fingerprint density at radius 2 is 1.94 bits per heavy atom. The van der Waals surface area contributed by atoms with Crippen molar-refractivity contribution in [3.8, 4) is 0 Å². The molecule has 98 valence electrons. The van der Waals surface area contributed by atoms with Crippen molar-refractivity contribution in [2.45, 2.75) is 33.2 Å². The Kier molecular flexibility index (Phi) is 3.59. The van der Waals surface area contributed by atoms with Crippen molar-refractivity contribution in [1.82, 2.24) is 0 Å². The summed E-state index contributed by atoms with van der Waals surface area (Å²) in [5.74, 6) is 0. The number of aryl methyl sites for hydroxylation is 1. The van der Waals surface area contributed by atoms with Gasteiger partial charge < -0.3 is 5.11 Å². The summed E-state index contributed by atoms with van der Waals surface area (Å²) < 4.78 is 0. The first kappa shape index (κ1) is 14.0. The minimum atomic E-state index is -1.09. The molecule has 0 radical (unpaired) electrons. The Bertz CT molecular complexity index is 491. The molecule has 1 rings (SSSR count). The van der Waals surface area contributed by atoms with Crippen molar-refractivity contribution in [1.29, 1.82) is 0 Å². The Morgan fingerprint density at radius 3 is 2.28 bits per heavy atom. The van der Waals surface area contributed by atoms with Gasteiger partial charge in [0.2, 0.25) is 0 Å². The molecule has 0 heterocycles. The molecule has 0 aliphatic heterocycles. The smallest absolute Gasteiger partial charge is 0.412 e. The molecule has 0 spiro atoms. The van der Waals surface area contributed by atoms with E-state index in [1.54, 1.807) is 27.7 Å². The van der Waals surface area contributed by atoms with E-state index in [-0.39, 0.29) is 5.69 Å². The number of carboxylic acid groups (broad SMARTS) is 1. The van der Waals surface area contributed by atoms with Crippen LogP contribution in [0, 0.1) is 17.0 Å². The van der Waals surface area contributed by atoms with Crippen LogP contribution < -0.4 is 4.90 Å². The monoisotopic (exact) mass is 252 g/mol. The van der Waals surface area contributed by atoms with Crippen LogP contribution in [0.15, 0.2) is 18.2 Å². The molecule has 6 nitrogen and oxygen atoms in total. The standard InChI is InChI=1S/C12H16N2O4/c1-8-7-9(5-6-10(8)14(17)18)13(11(15)16)12(2,3)4/h5-7H,1-4H3,(H,15,16). The number of nitro groups is 1. The molecule has 6 heteroatoms. The first-order valence-corrected chi connectivity index (χ1v) is 5.43. The predicted molar refractivity (Wildman–Crippen MR) is 68.1 cm³/mol. The van der Waals surface area contributed by atoms with Crippen LogP contribution in [0.5, 0.6) is 0 Å². The summed E-state index contributed by atoms with van der Waals surface area (Å²) in [5.41, 5.74) is 0.234. The predicted octanol–water partition coefficient (Wildman–Crippen LogP) is 3.19. The van der Waals surface area contributed by atoms with E-state index in [4.69, 9.17) is 0 Å². The van der Waals surface area contributed by atoms with Gasteiger partial charge in [0.05, 0.1) is 4.92 Å². The number of carbonyl (C=O) groups is 1. The van der Waals surface area contributed by atoms with E-state index >= 15 is 0 Å². The van der Waals surface area contributed by atoms with E-state index in [2.05, 4.69) is 0 Å². The second kappa shape index (κ2) is 4.64. The van der Waals surface area contributed by atoms with Crippen LogP contribution in [-0.4, -0.2) is 21.7 Å². The molecule has 0 bridgehead atoms. The third kappa shape index (κ3) is 2.77. The van der Waals surface area contributed by atoms with E-state index in [1.807, 2.05) is 0 Å². The highest BCUT2D eigenvalue weighted by Crippen LogP contribution is 2.28. The molecule has 0 aromatic heterocycles. The average Bonchev–Trinajstić information content (AvgIpc) is 2.13. The van der Waals surface area contributed by atoms with Gasteiger partial charge in [-0.25, -0.2) is 4.79 Å². The average molecular weight is 252 g/mol. The zero-order valence-electron chi connectivity index (χ0n) is 10.8. The molecular formula is C12H16N2O4. The largest absolute Gasteiger partial charge is 0.465 e. The SMILES string of the molecule is Cc1cc(N(C(=O)O)C(C)(C)C)ccc1[N+](=O)[O-]. The van der Waals surface area contributed by atoms with Crippen molar-refractivity contribution in [2.24, 2.45) is 0 Å². The molecule has 0 fully saturated rings. The van der Waals surface area contributed by atoms with E-state index < -0.39 is 16.6 Å². The Morgan fingerprint density at radius 1 is 1.39 bits per heavy atom. The first-order chi connectivity index (χ1) is 8.14. The summed E-state index contributed by atoms with van der Waals surface area (Å²) in [6.45, 7) is 6.87. The molecule has 0 saturated heterocycles. The molecule has 1 N–H and O–H groups in total. The molecular weight excluding hydrogens is 236 g/mol. The van der Waals surface area contributed by atoms with Crippen LogP contribution in [0.25, 0.3) is 0 Å². The van der Waals surface area contributed by atoms with Gasteiger partial charge in [0.25, 0.3) is 5.69 Å². The summed E-state index contributed by atoms with van der Waals surface area (Å²) in [6.07, 6.45) is -1.09. The second-order valence-corrected chi connectivity index (χ2v) is 5.02. The zero-order valence-corrected chi connectivity index (χ0v) is 10.8. The number of hydrogen-bond acceptors (Lipinski definition) is 3. The van der Waals surface area contributed by atoms with Crippen LogP contribution in [0.1, 0.15) is 26.3 Å². The minimum absolute atomic E-state index is 0.0157. The zero-order chi connectivity index (χ0) is 14.1. The van der Waals surface area contributed by atoms with Crippen LogP contribution in [0.4, 0.5) is 16.2 Å². The second-order valence-electron chi connectivity index (χ2n) is 5.02. The first-order valence-electron chi connectivity index (χ1n) is 5.43. The maximum atomic E-state index is 11.3. The van der Waals surface area contributed by atoms with Crippen molar-refractivity contribution < 1.29 is 14.8 Å². The summed E-state index contributed by atoms with van der Waals surface area (Å²) >= 11 is 0. The van der Waals surface area contributed by atoms with Crippen molar-refractivity contribution in [3.05, 3.63) is 33.9 Å². The number of amides is 1. The fourth-order valence-corrected chi connectivity index (χ4v) is 1.77. The number of benzene rings is 1. The maximum absolute atomic E-state index is 11.3. The van der Waals surface area contributed by atoms with Crippen LogP contribution in [0.3, 0.4) is 0 Å². The van der Waals surface area contributed by atoms with E-state index in [1.165, 1.54) is 23.1 Å². The molecule has 0 aliphatic carbocycles. The van der Waals surface area contributed by atoms with Crippen molar-refractivity contribution >= 4 is 17.5 Å². The normalized spacial score (nSPS) is 11.1. The van der Waals surface area contributed by atoms with Gasteiger partial charge >= 0.3 is 6.09 Å². The Labute approximate surface area is 105 Å². The van der Waals surface area contributed by atoms with Crippen LogP contribution in [0.2, 0.25) is 0 Å². The Balaban J connectivity index is 3.28. The molecule has 1 aromatic rings. The van der Waals surface area contributed by atoms with Gasteiger partial charge in [-0.2, -0.15) is 0 Å². The molecule has 0 aliphatic rings. The lowest BCUT2D eigenvalue weighted by Crippen LogP contribution is -2.45. The van der Waals surface area contributed by atoms with E-state index in [9.17, 15) is 20.0 Å². The quantitative estimate of drug-likeness (QED) is 0.647. The van der Waals surface area contributed by atoms with Gasteiger partial charge in [-0.05, 0) is 39.8 Å². The van der Waals surface area contributed by atoms with Crippen LogP contribution >= 0.6 is 0 Å². The number of hydrogen-bond donors (Lipinski definition) is 1. The Hall–Kier alpha value is -2.11. The lowest BCUT2D eigenvalue weighted by atomic mass is 10.0. The third-order valence-corrected chi connectivity index (χ3v) is 2.50. The number of anilines is 1.